The molecule has 2 saturated heterocycles. The minimum Gasteiger partial charge on any atom is -0.491 e. The lowest BCUT2D eigenvalue weighted by atomic mass is 9.88. The molecule has 0 radical (unpaired) electrons. The van der Waals surface area contributed by atoms with Crippen molar-refractivity contribution in [2.45, 2.75) is 76.2 Å². The highest BCUT2D eigenvalue weighted by atomic mass is 35.5. The van der Waals surface area contributed by atoms with Crippen molar-refractivity contribution < 1.29 is 18.7 Å². The van der Waals surface area contributed by atoms with Gasteiger partial charge in [0.05, 0.1) is 5.54 Å². The number of benzene rings is 1. The molecule has 28 heavy (non-hydrogen) atoms. The Balaban J connectivity index is 1.59. The van der Waals surface area contributed by atoms with Gasteiger partial charge in [0.15, 0.2) is 15.1 Å². The number of hydrogen-bond donors (Lipinski definition) is 0. The van der Waals surface area contributed by atoms with Crippen molar-refractivity contribution in [3.05, 3.63) is 29.3 Å². The van der Waals surface area contributed by atoms with Crippen molar-refractivity contribution in [1.29, 1.82) is 0 Å². The first-order valence-electron chi connectivity index (χ1n) is 10.0. The summed E-state index contributed by atoms with van der Waals surface area (Å²) in [7, 11) is -1.94. The molecule has 2 aliphatic rings. The van der Waals surface area contributed by atoms with Gasteiger partial charge in [-0.3, -0.25) is 4.90 Å². The molecule has 0 atom stereocenters. The van der Waals surface area contributed by atoms with Crippen molar-refractivity contribution in [2.24, 2.45) is 0 Å². The van der Waals surface area contributed by atoms with Crippen LogP contribution in [-0.2, 0) is 9.16 Å². The van der Waals surface area contributed by atoms with Gasteiger partial charge in [0.1, 0.15) is 12.4 Å². The summed E-state index contributed by atoms with van der Waals surface area (Å²) in [6.45, 7) is 11.3. The second kappa shape index (κ2) is 7.88. The summed E-state index contributed by atoms with van der Waals surface area (Å²) < 4.78 is 17.6. The summed E-state index contributed by atoms with van der Waals surface area (Å²) in [5.41, 5.74) is -0.279. The Morgan fingerprint density at radius 2 is 1.82 bits per heavy atom. The number of rotatable bonds is 6. The second-order valence-corrected chi connectivity index (χ2v) is 14.7. The zero-order valence-electron chi connectivity index (χ0n) is 17.6. The Morgan fingerprint density at radius 1 is 1.21 bits per heavy atom. The van der Waals surface area contributed by atoms with Gasteiger partial charge in [0, 0.05) is 11.1 Å². The van der Waals surface area contributed by atoms with E-state index in [0.717, 1.165) is 31.4 Å². The van der Waals surface area contributed by atoms with Crippen molar-refractivity contribution >= 4 is 26.0 Å². The van der Waals surface area contributed by atoms with Gasteiger partial charge >= 0.3 is 6.09 Å². The van der Waals surface area contributed by atoms with Crippen molar-refractivity contribution in [3.8, 4) is 5.75 Å². The van der Waals surface area contributed by atoms with Crippen LogP contribution in [0.25, 0.3) is 0 Å². The van der Waals surface area contributed by atoms with Crippen LogP contribution in [0, 0.1) is 0 Å². The van der Waals surface area contributed by atoms with Crippen molar-refractivity contribution in [3.63, 3.8) is 0 Å². The van der Waals surface area contributed by atoms with Crippen LogP contribution in [0.1, 0.15) is 46.5 Å². The average molecular weight is 426 g/mol. The Hall–Kier alpha value is -1.24. The van der Waals surface area contributed by atoms with Crippen LogP contribution in [0.3, 0.4) is 0 Å². The van der Waals surface area contributed by atoms with E-state index in [-0.39, 0.29) is 29.5 Å². The fourth-order valence-electron chi connectivity index (χ4n) is 3.84. The van der Waals surface area contributed by atoms with Gasteiger partial charge in [0.25, 0.3) is 0 Å². The number of carbonyl (C=O) groups excluding carboxylic acids is 1. The number of fused-ring (bicyclic) bond motifs is 2. The van der Waals surface area contributed by atoms with Crippen LogP contribution < -0.4 is 4.74 Å². The molecule has 0 saturated carbocycles. The molecular formula is C21H32ClNO4Si. The van der Waals surface area contributed by atoms with E-state index in [4.69, 9.17) is 25.5 Å². The summed E-state index contributed by atoms with van der Waals surface area (Å²) >= 11 is 5.94. The monoisotopic (exact) mass is 425 g/mol. The van der Waals surface area contributed by atoms with Gasteiger partial charge < -0.3 is 13.9 Å². The van der Waals surface area contributed by atoms with Gasteiger partial charge in [-0.05, 0) is 68.1 Å². The number of ether oxygens (including phenoxy) is 2. The maximum Gasteiger partial charge on any atom is 0.412 e. The van der Waals surface area contributed by atoms with Crippen LogP contribution >= 0.6 is 11.6 Å². The van der Waals surface area contributed by atoms with E-state index in [2.05, 4.69) is 33.9 Å². The third-order valence-corrected chi connectivity index (χ3v) is 11.4. The van der Waals surface area contributed by atoms with E-state index in [9.17, 15) is 4.79 Å². The second-order valence-electron chi connectivity index (χ2n) is 9.50. The molecule has 3 rings (SSSR count). The first-order chi connectivity index (χ1) is 13.0. The highest BCUT2D eigenvalue weighted by Crippen LogP contribution is 2.47. The lowest BCUT2D eigenvalue weighted by Crippen LogP contribution is -2.50. The van der Waals surface area contributed by atoms with E-state index in [0.29, 0.717) is 11.6 Å². The first-order valence-corrected chi connectivity index (χ1v) is 13.3. The maximum atomic E-state index is 12.9. The molecule has 0 spiro atoms. The van der Waals surface area contributed by atoms with Gasteiger partial charge in [-0.15, -0.1) is 0 Å². The molecule has 0 aliphatic carbocycles. The summed E-state index contributed by atoms with van der Waals surface area (Å²) in [6, 6.07) is 7.58. The lowest BCUT2D eigenvalue weighted by Gasteiger charge is -2.37. The number of amides is 1. The van der Waals surface area contributed by atoms with Crippen LogP contribution in [-0.4, -0.2) is 44.3 Å². The molecule has 1 aromatic carbocycles. The van der Waals surface area contributed by atoms with Gasteiger partial charge in [-0.2, -0.15) is 0 Å². The van der Waals surface area contributed by atoms with Gasteiger partial charge in [-0.25, -0.2) is 4.79 Å². The van der Waals surface area contributed by atoms with Gasteiger partial charge in [0.2, 0.25) is 0 Å². The maximum absolute atomic E-state index is 12.9. The largest absolute Gasteiger partial charge is 0.491 e. The normalized spacial score (nSPS) is 24.5. The van der Waals surface area contributed by atoms with E-state index in [1.165, 1.54) is 0 Å². The highest BCUT2D eigenvalue weighted by molar-refractivity contribution is 6.74. The summed E-state index contributed by atoms with van der Waals surface area (Å²) in [6.07, 6.45) is 3.62. The minimum atomic E-state index is -1.94. The molecule has 0 unspecified atom stereocenters. The SMILES string of the molecule is CC(C)(C)[Si](C)(C)OCOC(=O)N1C2CCC1(COc1ccc(Cl)cc1)CC2. The molecule has 2 heterocycles. The average Bonchev–Trinajstić information content (AvgIpc) is 3.16. The predicted octanol–water partition coefficient (Wildman–Crippen LogP) is 5.83. The van der Waals surface area contributed by atoms with E-state index in [1.54, 1.807) is 0 Å². The molecular weight excluding hydrogens is 394 g/mol. The number of halogens is 1. The molecule has 1 amide bonds. The zero-order valence-corrected chi connectivity index (χ0v) is 19.3. The van der Waals surface area contributed by atoms with Gasteiger partial charge in [-0.1, -0.05) is 32.4 Å². The van der Waals surface area contributed by atoms with E-state index < -0.39 is 8.32 Å². The van der Waals surface area contributed by atoms with E-state index >= 15 is 0 Å². The van der Waals surface area contributed by atoms with Crippen molar-refractivity contribution in [2.75, 3.05) is 13.4 Å². The topological polar surface area (TPSA) is 48.0 Å². The summed E-state index contributed by atoms with van der Waals surface area (Å²) in [4.78, 5) is 14.8. The third kappa shape index (κ3) is 4.34. The fraction of sp³-hybridized carbons (Fsp3) is 0.667. The molecule has 5 nitrogen and oxygen atoms in total. The van der Waals surface area contributed by atoms with Crippen LogP contribution in [0.15, 0.2) is 24.3 Å². The predicted molar refractivity (Wildman–Crippen MR) is 113 cm³/mol. The quantitative estimate of drug-likeness (QED) is 0.424. The number of nitrogens with zero attached hydrogens (tertiary/aromatic N) is 1. The number of carbonyl (C=O) groups is 1. The molecule has 7 heteroatoms. The zero-order chi connectivity index (χ0) is 20.6. The van der Waals surface area contributed by atoms with Crippen LogP contribution in [0.2, 0.25) is 23.2 Å². The number of hydrogen-bond acceptors (Lipinski definition) is 4. The van der Waals surface area contributed by atoms with Crippen LogP contribution in [0.4, 0.5) is 4.79 Å². The smallest absolute Gasteiger partial charge is 0.412 e. The molecule has 156 valence electrons. The van der Waals surface area contributed by atoms with Crippen LogP contribution in [0.5, 0.6) is 5.75 Å². The molecule has 1 aromatic rings. The summed E-state index contributed by atoms with van der Waals surface area (Å²) in [5, 5.41) is 0.763. The Kier molecular flexibility index (Phi) is 6.04. The molecule has 0 N–H and O–H groups in total. The highest BCUT2D eigenvalue weighted by Gasteiger charge is 2.55. The molecule has 2 fully saturated rings. The standard InChI is InChI=1S/C21H32ClNO4Si/c1-20(2,3)28(4,5)27-15-26-19(24)23-17-10-12-21(23,13-11-17)14-25-18-8-6-16(22)7-9-18/h6-9,17H,10-15H2,1-5H3. The Labute approximate surface area is 174 Å². The summed E-state index contributed by atoms with van der Waals surface area (Å²) in [5.74, 6) is 0.767. The Morgan fingerprint density at radius 3 is 2.39 bits per heavy atom. The molecule has 2 aliphatic heterocycles. The Bertz CT molecular complexity index is 693. The molecule has 2 bridgehead atoms. The minimum absolute atomic E-state index is 0.0205. The van der Waals surface area contributed by atoms with E-state index in [1.807, 2.05) is 29.2 Å². The molecule has 0 aromatic heterocycles. The van der Waals surface area contributed by atoms with Crippen molar-refractivity contribution in [1.82, 2.24) is 4.90 Å². The first kappa shape index (κ1) is 21.5. The third-order valence-electron chi connectivity index (χ3n) is 6.69. The lowest BCUT2D eigenvalue weighted by molar-refractivity contribution is 0.00682. The fourth-order valence-corrected chi connectivity index (χ4v) is 4.76.